The van der Waals surface area contributed by atoms with E-state index in [1.165, 1.54) is 13.5 Å². The molecule has 0 radical (unpaired) electrons. The normalized spacial score (nSPS) is 14.8. The first-order valence-corrected chi connectivity index (χ1v) is 12.9. The first-order chi connectivity index (χ1) is 16.2. The summed E-state index contributed by atoms with van der Waals surface area (Å²) >= 11 is 0. The third-order valence-electron chi connectivity index (χ3n) is 5.82. The van der Waals surface area contributed by atoms with Crippen molar-refractivity contribution in [1.29, 1.82) is 0 Å². The number of benzene rings is 2. The van der Waals surface area contributed by atoms with Crippen molar-refractivity contribution in [2.75, 3.05) is 37.6 Å². The zero-order chi connectivity index (χ0) is 24.6. The Balaban J connectivity index is 1.43. The molecule has 1 heterocycles. The molecule has 0 unspecified atom stereocenters. The number of nitrogens with zero attached hydrogens (tertiary/aromatic N) is 2. The van der Waals surface area contributed by atoms with Crippen LogP contribution in [0.15, 0.2) is 65.6 Å². The van der Waals surface area contributed by atoms with E-state index in [1.54, 1.807) is 24.3 Å². The Hall–Kier alpha value is -2.52. The average molecular weight is 497 g/mol. The van der Waals surface area contributed by atoms with E-state index in [1.807, 2.05) is 0 Å². The van der Waals surface area contributed by atoms with Crippen molar-refractivity contribution in [3.8, 4) is 5.75 Å². The number of anilines is 1. The molecule has 34 heavy (non-hydrogen) atoms. The number of ether oxygens (including phenoxy) is 1. The lowest BCUT2D eigenvalue weighted by molar-refractivity contribution is -0.137. The van der Waals surface area contributed by atoms with Crippen LogP contribution in [0, 0.1) is 0 Å². The summed E-state index contributed by atoms with van der Waals surface area (Å²) in [6, 6.07) is 10.1. The van der Waals surface area contributed by atoms with Gasteiger partial charge in [-0.25, -0.2) is 8.42 Å². The molecule has 0 atom stereocenters. The maximum absolute atomic E-state index is 12.8. The van der Waals surface area contributed by atoms with E-state index in [4.69, 9.17) is 4.74 Å². The fourth-order valence-corrected chi connectivity index (χ4v) is 4.93. The van der Waals surface area contributed by atoms with Gasteiger partial charge in [0.1, 0.15) is 5.75 Å². The monoisotopic (exact) mass is 496 g/mol. The molecule has 5 nitrogen and oxygen atoms in total. The third kappa shape index (κ3) is 7.24. The highest BCUT2D eigenvalue weighted by Gasteiger charge is 2.31. The Morgan fingerprint density at radius 3 is 2.24 bits per heavy atom. The van der Waals surface area contributed by atoms with Crippen molar-refractivity contribution in [2.45, 2.75) is 43.2 Å². The molecule has 3 rings (SSSR count). The minimum absolute atomic E-state index is 0.208. The molecule has 0 aliphatic carbocycles. The summed E-state index contributed by atoms with van der Waals surface area (Å²) in [5, 5.41) is 0. The Bertz CT molecular complexity index is 1040. The van der Waals surface area contributed by atoms with Crippen molar-refractivity contribution < 1.29 is 26.3 Å². The van der Waals surface area contributed by atoms with Gasteiger partial charge in [0.15, 0.2) is 0 Å². The van der Waals surface area contributed by atoms with Crippen LogP contribution >= 0.6 is 0 Å². The molecule has 1 aliphatic rings. The number of rotatable bonds is 11. The quantitative estimate of drug-likeness (QED) is 0.294. The smallest absolute Gasteiger partial charge is 0.416 e. The van der Waals surface area contributed by atoms with Crippen LogP contribution in [-0.4, -0.2) is 46.6 Å². The molecule has 0 spiro atoms. The molecule has 2 aromatic carbocycles. The molecular weight excluding hydrogens is 465 g/mol. The minimum atomic E-state index is -4.52. The van der Waals surface area contributed by atoms with Gasteiger partial charge in [0.25, 0.3) is 10.0 Å². The lowest BCUT2D eigenvalue weighted by Crippen LogP contribution is -2.28. The van der Waals surface area contributed by atoms with Gasteiger partial charge in [0.2, 0.25) is 0 Å². The molecule has 2 aromatic rings. The van der Waals surface area contributed by atoms with Crippen LogP contribution in [0.3, 0.4) is 0 Å². The highest BCUT2D eigenvalue weighted by atomic mass is 32.2. The second-order valence-electron chi connectivity index (χ2n) is 8.31. The Labute approximate surface area is 199 Å². The van der Waals surface area contributed by atoms with E-state index >= 15 is 0 Å². The summed E-state index contributed by atoms with van der Waals surface area (Å²) in [4.78, 5) is 2.26. The van der Waals surface area contributed by atoms with E-state index in [-0.39, 0.29) is 4.90 Å². The number of sulfonamides is 1. The number of unbranched alkanes of at least 4 members (excludes halogenated alkanes) is 3. The molecule has 0 fully saturated rings. The molecule has 186 valence electrons. The summed E-state index contributed by atoms with van der Waals surface area (Å²) in [6.45, 7) is 3.93. The van der Waals surface area contributed by atoms with Crippen LogP contribution in [-0.2, 0) is 16.2 Å². The lowest BCUT2D eigenvalue weighted by Gasteiger charge is -2.22. The SMILES string of the molecule is CN(c1ccc(OCCCCCCN2CC=CCC2)cc1)S(=O)(=O)c1ccc(C(F)(F)F)cc1. The van der Waals surface area contributed by atoms with Crippen molar-refractivity contribution in [1.82, 2.24) is 4.90 Å². The summed E-state index contributed by atoms with van der Waals surface area (Å²) in [6.07, 6.45) is 5.47. The molecule has 0 aromatic heterocycles. The highest BCUT2D eigenvalue weighted by molar-refractivity contribution is 7.92. The highest BCUT2D eigenvalue weighted by Crippen LogP contribution is 2.31. The van der Waals surface area contributed by atoms with E-state index in [9.17, 15) is 21.6 Å². The van der Waals surface area contributed by atoms with Crippen molar-refractivity contribution in [2.24, 2.45) is 0 Å². The van der Waals surface area contributed by atoms with Crippen molar-refractivity contribution in [3.63, 3.8) is 0 Å². The molecule has 0 bridgehead atoms. The predicted octanol–water partition coefficient (Wildman–Crippen LogP) is 5.73. The summed E-state index contributed by atoms with van der Waals surface area (Å²) in [5.74, 6) is 0.643. The van der Waals surface area contributed by atoms with Crippen molar-refractivity contribution in [3.05, 3.63) is 66.2 Å². The van der Waals surface area contributed by atoms with Gasteiger partial charge < -0.3 is 4.74 Å². The van der Waals surface area contributed by atoms with Crippen LogP contribution in [0.5, 0.6) is 5.75 Å². The van der Waals surface area contributed by atoms with Gasteiger partial charge in [-0.05, 0) is 74.3 Å². The Morgan fingerprint density at radius 1 is 0.941 bits per heavy atom. The maximum atomic E-state index is 12.8. The van der Waals surface area contributed by atoms with Gasteiger partial charge >= 0.3 is 6.18 Å². The number of halogens is 3. The Kier molecular flexibility index (Phi) is 9.02. The van der Waals surface area contributed by atoms with E-state index in [0.29, 0.717) is 18.0 Å². The average Bonchev–Trinajstić information content (AvgIpc) is 2.83. The van der Waals surface area contributed by atoms with Crippen LogP contribution in [0.25, 0.3) is 0 Å². The van der Waals surface area contributed by atoms with Crippen LogP contribution in [0.2, 0.25) is 0 Å². The molecule has 0 N–H and O–H groups in total. The van der Waals surface area contributed by atoms with Crippen LogP contribution < -0.4 is 9.04 Å². The van der Waals surface area contributed by atoms with Gasteiger partial charge in [-0.15, -0.1) is 0 Å². The standard InChI is InChI=1S/C25H31F3N2O3S/c1-29(34(31,32)24-15-9-21(10-16-24)25(26,27)28)22-11-13-23(14-12-22)33-20-8-3-2-5-17-30-18-6-4-7-19-30/h4,6,9-16H,2-3,5,7-8,17-20H2,1H3. The zero-order valence-electron chi connectivity index (χ0n) is 19.3. The second kappa shape index (κ2) is 11.8. The van der Waals surface area contributed by atoms with Gasteiger partial charge in [-0.3, -0.25) is 9.21 Å². The molecule has 0 saturated carbocycles. The topological polar surface area (TPSA) is 49.9 Å². The fraction of sp³-hybridized carbons (Fsp3) is 0.440. The summed E-state index contributed by atoms with van der Waals surface area (Å²) in [5.41, 5.74) is -0.505. The molecule has 1 aliphatic heterocycles. The fourth-order valence-electron chi connectivity index (χ4n) is 3.74. The van der Waals surface area contributed by atoms with E-state index in [0.717, 1.165) is 73.9 Å². The molecule has 9 heteroatoms. The second-order valence-corrected chi connectivity index (χ2v) is 10.3. The van der Waals surface area contributed by atoms with Gasteiger partial charge in [-0.1, -0.05) is 25.0 Å². The van der Waals surface area contributed by atoms with Gasteiger partial charge in [0, 0.05) is 20.1 Å². The van der Waals surface area contributed by atoms with Crippen LogP contribution in [0.1, 0.15) is 37.7 Å². The van der Waals surface area contributed by atoms with Crippen molar-refractivity contribution >= 4 is 15.7 Å². The summed E-state index contributed by atoms with van der Waals surface area (Å²) < 4.78 is 70.6. The molecule has 0 saturated heterocycles. The predicted molar refractivity (Wildman–Crippen MR) is 128 cm³/mol. The van der Waals surface area contributed by atoms with E-state index in [2.05, 4.69) is 17.1 Å². The molecule has 0 amide bonds. The largest absolute Gasteiger partial charge is 0.494 e. The number of hydrogen-bond acceptors (Lipinski definition) is 4. The van der Waals surface area contributed by atoms with Gasteiger partial charge in [0.05, 0.1) is 22.8 Å². The number of alkyl halides is 3. The first kappa shape index (κ1) is 26.1. The number of hydrogen-bond donors (Lipinski definition) is 0. The lowest BCUT2D eigenvalue weighted by atomic mass is 10.1. The van der Waals surface area contributed by atoms with E-state index < -0.39 is 21.8 Å². The van der Waals surface area contributed by atoms with Crippen LogP contribution in [0.4, 0.5) is 18.9 Å². The third-order valence-corrected chi connectivity index (χ3v) is 7.62. The first-order valence-electron chi connectivity index (χ1n) is 11.4. The Morgan fingerprint density at radius 2 is 1.62 bits per heavy atom. The molecular formula is C25H31F3N2O3S. The zero-order valence-corrected chi connectivity index (χ0v) is 20.1. The maximum Gasteiger partial charge on any atom is 0.416 e. The van der Waals surface area contributed by atoms with Gasteiger partial charge in [-0.2, -0.15) is 13.2 Å². The summed E-state index contributed by atoms with van der Waals surface area (Å²) in [7, 11) is -2.62. The minimum Gasteiger partial charge on any atom is -0.494 e.